The zero-order valence-electron chi connectivity index (χ0n) is 15.3. The molecule has 27 heavy (non-hydrogen) atoms. The van der Waals surface area contributed by atoms with E-state index in [1.54, 1.807) is 18.4 Å². The lowest BCUT2D eigenvalue weighted by Gasteiger charge is -2.20. The Hall–Kier alpha value is -2.83. The number of pyridine rings is 1. The number of methoxy groups -OCH3 is 1. The maximum atomic E-state index is 5.27. The number of rotatable bonds is 6. The van der Waals surface area contributed by atoms with Crippen LogP contribution in [0.5, 0.6) is 0 Å². The molecule has 0 fully saturated rings. The Balaban J connectivity index is 1.84. The molecule has 0 bridgehead atoms. The summed E-state index contributed by atoms with van der Waals surface area (Å²) in [4.78, 5) is 17.1. The van der Waals surface area contributed by atoms with Crippen LogP contribution in [0.25, 0.3) is 21.3 Å². The highest BCUT2D eigenvalue weighted by molar-refractivity contribution is 7.17. The molecule has 0 N–H and O–H groups in total. The SMILES string of the molecule is COCc1nc(N(C)Cc2ccccn2)c2c(-c3ccccc3)csc2n1. The number of hydrogen-bond donors (Lipinski definition) is 0. The smallest absolute Gasteiger partial charge is 0.158 e. The molecule has 0 aliphatic heterocycles. The second-order valence-electron chi connectivity index (χ2n) is 6.27. The van der Waals surface area contributed by atoms with Gasteiger partial charge in [0, 0.05) is 31.3 Å². The van der Waals surface area contributed by atoms with Crippen LogP contribution in [-0.2, 0) is 17.9 Å². The minimum atomic E-state index is 0.388. The van der Waals surface area contributed by atoms with Crippen LogP contribution in [0.3, 0.4) is 0 Å². The molecule has 4 rings (SSSR count). The molecule has 0 saturated carbocycles. The number of aromatic nitrogens is 3. The number of fused-ring (bicyclic) bond motifs is 1. The minimum Gasteiger partial charge on any atom is -0.377 e. The van der Waals surface area contributed by atoms with Crippen LogP contribution in [-0.4, -0.2) is 29.1 Å². The number of nitrogens with zero attached hydrogens (tertiary/aromatic N) is 4. The number of hydrogen-bond acceptors (Lipinski definition) is 6. The van der Waals surface area contributed by atoms with Gasteiger partial charge in [-0.05, 0) is 17.7 Å². The molecular formula is C21H20N4OS. The first-order valence-corrected chi connectivity index (χ1v) is 9.57. The van der Waals surface area contributed by atoms with Crippen LogP contribution in [0.4, 0.5) is 5.82 Å². The monoisotopic (exact) mass is 376 g/mol. The maximum absolute atomic E-state index is 5.27. The van der Waals surface area contributed by atoms with Crippen molar-refractivity contribution in [3.63, 3.8) is 0 Å². The van der Waals surface area contributed by atoms with E-state index < -0.39 is 0 Å². The summed E-state index contributed by atoms with van der Waals surface area (Å²) in [5, 5.41) is 3.23. The van der Waals surface area contributed by atoms with Crippen LogP contribution in [0, 0.1) is 0 Å². The fourth-order valence-electron chi connectivity index (χ4n) is 3.08. The van der Waals surface area contributed by atoms with Crippen molar-refractivity contribution in [2.45, 2.75) is 13.2 Å². The predicted molar refractivity (Wildman–Crippen MR) is 110 cm³/mol. The van der Waals surface area contributed by atoms with E-state index in [-0.39, 0.29) is 0 Å². The zero-order chi connectivity index (χ0) is 18.6. The number of thiophene rings is 1. The molecule has 4 aromatic rings. The van der Waals surface area contributed by atoms with Crippen molar-refractivity contribution in [2.75, 3.05) is 19.1 Å². The average molecular weight is 376 g/mol. The molecule has 0 amide bonds. The van der Waals surface area contributed by atoms with Gasteiger partial charge in [-0.1, -0.05) is 36.4 Å². The summed E-state index contributed by atoms with van der Waals surface area (Å²) in [6, 6.07) is 16.3. The van der Waals surface area contributed by atoms with Crippen LogP contribution in [0.2, 0.25) is 0 Å². The molecule has 1 aromatic carbocycles. The molecule has 0 radical (unpaired) electrons. The average Bonchev–Trinajstić information content (AvgIpc) is 3.13. The van der Waals surface area contributed by atoms with E-state index >= 15 is 0 Å². The lowest BCUT2D eigenvalue weighted by Crippen LogP contribution is -2.19. The van der Waals surface area contributed by atoms with E-state index in [2.05, 4.69) is 39.5 Å². The summed E-state index contributed by atoms with van der Waals surface area (Å²) in [7, 11) is 3.70. The van der Waals surface area contributed by atoms with Crippen molar-refractivity contribution in [3.05, 3.63) is 71.6 Å². The molecule has 0 aliphatic rings. The van der Waals surface area contributed by atoms with E-state index in [9.17, 15) is 0 Å². The van der Waals surface area contributed by atoms with Crippen molar-refractivity contribution >= 4 is 27.4 Å². The van der Waals surface area contributed by atoms with Gasteiger partial charge in [0.25, 0.3) is 0 Å². The van der Waals surface area contributed by atoms with Gasteiger partial charge in [0.2, 0.25) is 0 Å². The highest BCUT2D eigenvalue weighted by Crippen LogP contribution is 2.38. The Labute approximate surface area is 162 Å². The molecule has 3 heterocycles. The quantitative estimate of drug-likeness (QED) is 0.495. The summed E-state index contributed by atoms with van der Waals surface area (Å²) in [5.41, 5.74) is 3.32. The van der Waals surface area contributed by atoms with Gasteiger partial charge in [-0.25, -0.2) is 9.97 Å². The maximum Gasteiger partial charge on any atom is 0.158 e. The Bertz CT molecular complexity index is 1030. The summed E-state index contributed by atoms with van der Waals surface area (Å²) >= 11 is 1.64. The van der Waals surface area contributed by atoms with E-state index in [1.165, 1.54) is 5.56 Å². The molecule has 0 saturated heterocycles. The van der Waals surface area contributed by atoms with Crippen molar-refractivity contribution < 1.29 is 4.74 Å². The van der Waals surface area contributed by atoms with Gasteiger partial charge in [-0.2, -0.15) is 0 Å². The van der Waals surface area contributed by atoms with Crippen LogP contribution in [0.1, 0.15) is 11.5 Å². The minimum absolute atomic E-state index is 0.388. The lowest BCUT2D eigenvalue weighted by molar-refractivity contribution is 0.178. The van der Waals surface area contributed by atoms with Crippen LogP contribution < -0.4 is 4.90 Å². The Kier molecular flexibility index (Phi) is 5.09. The van der Waals surface area contributed by atoms with E-state index in [0.717, 1.165) is 27.3 Å². The molecular weight excluding hydrogens is 356 g/mol. The molecule has 136 valence electrons. The van der Waals surface area contributed by atoms with Gasteiger partial charge in [0.05, 0.1) is 17.6 Å². The first kappa shape index (κ1) is 17.6. The molecule has 0 unspecified atom stereocenters. The van der Waals surface area contributed by atoms with Gasteiger partial charge < -0.3 is 9.64 Å². The topological polar surface area (TPSA) is 51.1 Å². The van der Waals surface area contributed by atoms with Crippen molar-refractivity contribution in [2.24, 2.45) is 0 Å². The standard InChI is InChI=1S/C21H20N4OS/c1-25(12-16-10-6-7-11-22-16)20-19-17(15-8-4-3-5-9-15)14-27-21(19)24-18(23-20)13-26-2/h3-11,14H,12-13H2,1-2H3. The van der Waals surface area contributed by atoms with Crippen LogP contribution >= 0.6 is 11.3 Å². The van der Waals surface area contributed by atoms with Crippen molar-refractivity contribution in [1.29, 1.82) is 0 Å². The zero-order valence-corrected chi connectivity index (χ0v) is 16.1. The molecule has 0 atom stereocenters. The largest absolute Gasteiger partial charge is 0.377 e. The molecule has 6 heteroatoms. The normalized spacial score (nSPS) is 11.0. The van der Waals surface area contributed by atoms with E-state index in [4.69, 9.17) is 14.7 Å². The predicted octanol–water partition coefficient (Wildman–Crippen LogP) is 4.54. The highest BCUT2D eigenvalue weighted by atomic mass is 32.1. The molecule has 3 aromatic heterocycles. The third-order valence-corrected chi connectivity index (χ3v) is 5.18. The fourth-order valence-corrected chi connectivity index (χ4v) is 4.04. The Morgan fingerprint density at radius 2 is 1.85 bits per heavy atom. The Morgan fingerprint density at radius 1 is 1.04 bits per heavy atom. The van der Waals surface area contributed by atoms with Gasteiger partial charge >= 0.3 is 0 Å². The second kappa shape index (κ2) is 7.82. The lowest BCUT2D eigenvalue weighted by atomic mass is 10.1. The highest BCUT2D eigenvalue weighted by Gasteiger charge is 2.18. The van der Waals surface area contributed by atoms with Crippen molar-refractivity contribution in [1.82, 2.24) is 15.0 Å². The van der Waals surface area contributed by atoms with Gasteiger partial charge in [0.1, 0.15) is 17.3 Å². The summed E-state index contributed by atoms with van der Waals surface area (Å²) in [5.74, 6) is 1.59. The fraction of sp³-hybridized carbons (Fsp3) is 0.190. The van der Waals surface area contributed by atoms with Gasteiger partial charge in [-0.3, -0.25) is 4.98 Å². The number of anilines is 1. The number of ether oxygens (including phenoxy) is 1. The Morgan fingerprint density at radius 3 is 2.59 bits per heavy atom. The third kappa shape index (κ3) is 3.67. The first-order valence-electron chi connectivity index (χ1n) is 8.70. The second-order valence-corrected chi connectivity index (χ2v) is 7.13. The van der Waals surface area contributed by atoms with Crippen LogP contribution in [0.15, 0.2) is 60.1 Å². The van der Waals surface area contributed by atoms with E-state index in [1.807, 2.05) is 37.5 Å². The summed E-state index contributed by atoms with van der Waals surface area (Å²) in [6.07, 6.45) is 1.81. The summed E-state index contributed by atoms with van der Waals surface area (Å²) in [6.45, 7) is 1.06. The third-order valence-electron chi connectivity index (χ3n) is 4.31. The first-order chi connectivity index (χ1) is 13.3. The molecule has 5 nitrogen and oxygen atoms in total. The van der Waals surface area contributed by atoms with Gasteiger partial charge in [-0.15, -0.1) is 11.3 Å². The number of benzene rings is 1. The molecule has 0 aliphatic carbocycles. The van der Waals surface area contributed by atoms with E-state index in [0.29, 0.717) is 19.0 Å². The molecule has 0 spiro atoms. The van der Waals surface area contributed by atoms with Crippen molar-refractivity contribution in [3.8, 4) is 11.1 Å². The summed E-state index contributed by atoms with van der Waals surface area (Å²) < 4.78 is 5.27. The van der Waals surface area contributed by atoms with Gasteiger partial charge in [0.15, 0.2) is 5.82 Å².